The van der Waals surface area contributed by atoms with Crippen LogP contribution in [0.25, 0.3) is 22.3 Å². The Labute approximate surface area is 163 Å². The second-order valence-corrected chi connectivity index (χ2v) is 6.64. The van der Waals surface area contributed by atoms with Crippen LogP contribution in [0, 0.1) is 0 Å². The fourth-order valence-corrected chi connectivity index (χ4v) is 3.89. The van der Waals surface area contributed by atoms with Crippen molar-refractivity contribution in [2.75, 3.05) is 12.8 Å². The first kappa shape index (κ1) is 18.3. The Morgan fingerprint density at radius 3 is 2.86 bits per heavy atom. The van der Waals surface area contributed by atoms with E-state index in [4.69, 9.17) is 20.2 Å². The highest BCUT2D eigenvalue weighted by atomic mass is 16.5. The summed E-state index contributed by atoms with van der Waals surface area (Å²) in [6.07, 6.45) is -0.447. The maximum atomic E-state index is 13.0. The van der Waals surface area contributed by atoms with E-state index in [1.807, 2.05) is 44.2 Å². The van der Waals surface area contributed by atoms with Crippen molar-refractivity contribution in [3.05, 3.63) is 69.7 Å². The molecule has 4 heterocycles. The van der Waals surface area contributed by atoms with Crippen molar-refractivity contribution in [3.63, 3.8) is 0 Å². The summed E-state index contributed by atoms with van der Waals surface area (Å²) in [5, 5.41) is 0.906. The molecule has 6 nitrogen and oxygen atoms in total. The minimum absolute atomic E-state index is 0.0675. The molecule has 0 radical (unpaired) electrons. The van der Waals surface area contributed by atoms with Gasteiger partial charge in [0.1, 0.15) is 18.5 Å². The molecular weight excluding hydrogens is 354 g/mol. The molecule has 0 bridgehead atoms. The predicted molar refractivity (Wildman–Crippen MR) is 110 cm³/mol. The smallest absolute Gasteiger partial charge is 0.258 e. The summed E-state index contributed by atoms with van der Waals surface area (Å²) >= 11 is 0. The molecular formula is C22H23N3O3. The van der Waals surface area contributed by atoms with E-state index in [2.05, 4.69) is 6.58 Å². The van der Waals surface area contributed by atoms with Crippen LogP contribution < -0.4 is 11.3 Å². The number of methoxy groups -OCH3 is 1. The fourth-order valence-electron chi connectivity index (χ4n) is 3.89. The van der Waals surface area contributed by atoms with Crippen molar-refractivity contribution in [2.24, 2.45) is 0 Å². The number of hydrogen-bond acceptors (Lipinski definition) is 5. The van der Waals surface area contributed by atoms with Crippen LogP contribution in [0.1, 0.15) is 36.6 Å². The van der Waals surface area contributed by atoms with Crippen molar-refractivity contribution >= 4 is 16.6 Å². The predicted octanol–water partition coefficient (Wildman–Crippen LogP) is 3.77. The number of hydrogen-bond donors (Lipinski definition) is 1. The van der Waals surface area contributed by atoms with E-state index < -0.39 is 6.10 Å². The standard InChI is InChI=1S/C20H17N3O3.C2H6/c1-10-19(25-2)12-7-17-18-11(8-23(17)20(24)14(12)9-26-10)6-13-15(21)4-3-5-16(13)22-18;1-2/h3-7,19H,1,8-9,21H2,2H3;1-2H3/t19-;/m1./s1. The summed E-state index contributed by atoms with van der Waals surface area (Å²) in [5.74, 6) is 0.516. The topological polar surface area (TPSA) is 79.4 Å². The molecule has 3 aromatic rings. The first-order chi connectivity index (χ1) is 13.6. The van der Waals surface area contributed by atoms with Crippen molar-refractivity contribution < 1.29 is 9.47 Å². The molecule has 0 unspecified atom stereocenters. The number of anilines is 1. The number of nitrogens with zero attached hydrogens (tertiary/aromatic N) is 2. The molecule has 28 heavy (non-hydrogen) atoms. The van der Waals surface area contributed by atoms with E-state index in [1.165, 1.54) is 0 Å². The highest BCUT2D eigenvalue weighted by molar-refractivity contribution is 5.93. The number of nitrogen functional groups attached to an aromatic ring is 1. The Bertz CT molecular complexity index is 1160. The van der Waals surface area contributed by atoms with Gasteiger partial charge in [-0.1, -0.05) is 26.5 Å². The minimum Gasteiger partial charge on any atom is -0.491 e. The van der Waals surface area contributed by atoms with Gasteiger partial charge in [0.2, 0.25) is 0 Å². The molecule has 0 aliphatic carbocycles. The molecule has 0 saturated carbocycles. The van der Waals surface area contributed by atoms with Crippen LogP contribution in [0.2, 0.25) is 0 Å². The highest BCUT2D eigenvalue weighted by Crippen LogP contribution is 2.38. The van der Waals surface area contributed by atoms with Gasteiger partial charge in [0.25, 0.3) is 5.56 Å². The van der Waals surface area contributed by atoms with Crippen LogP contribution >= 0.6 is 0 Å². The third kappa shape index (κ3) is 2.52. The Kier molecular flexibility index (Phi) is 4.43. The van der Waals surface area contributed by atoms with Gasteiger partial charge in [-0.05, 0) is 24.3 Å². The van der Waals surface area contributed by atoms with Gasteiger partial charge >= 0.3 is 0 Å². The van der Waals surface area contributed by atoms with Gasteiger partial charge in [-0.2, -0.15) is 0 Å². The van der Waals surface area contributed by atoms with Crippen LogP contribution in [0.15, 0.2) is 47.5 Å². The normalized spacial score (nSPS) is 16.5. The molecule has 0 fully saturated rings. The Morgan fingerprint density at radius 2 is 2.11 bits per heavy atom. The quantitative estimate of drug-likeness (QED) is 0.511. The molecule has 2 aliphatic heterocycles. The van der Waals surface area contributed by atoms with Crippen LogP contribution in [-0.2, 0) is 22.6 Å². The Hall–Kier alpha value is -3.12. The average molecular weight is 377 g/mol. The zero-order valence-electron chi connectivity index (χ0n) is 16.3. The van der Waals surface area contributed by atoms with Crippen molar-refractivity contribution in [1.29, 1.82) is 0 Å². The van der Waals surface area contributed by atoms with E-state index in [-0.39, 0.29) is 12.2 Å². The van der Waals surface area contributed by atoms with Crippen LogP contribution in [0.4, 0.5) is 5.69 Å². The first-order valence-electron chi connectivity index (χ1n) is 9.38. The van der Waals surface area contributed by atoms with Crippen LogP contribution in [-0.4, -0.2) is 16.7 Å². The number of fused-ring (bicyclic) bond motifs is 5. The molecule has 5 rings (SSSR count). The Balaban J connectivity index is 0.000000932. The average Bonchev–Trinajstić information content (AvgIpc) is 3.07. The molecule has 6 heteroatoms. The second-order valence-electron chi connectivity index (χ2n) is 6.64. The zero-order valence-corrected chi connectivity index (χ0v) is 16.3. The summed E-state index contributed by atoms with van der Waals surface area (Å²) in [7, 11) is 1.58. The lowest BCUT2D eigenvalue weighted by molar-refractivity contribution is 0.0414. The van der Waals surface area contributed by atoms with Crippen molar-refractivity contribution in [1.82, 2.24) is 9.55 Å². The molecule has 2 aromatic heterocycles. The summed E-state index contributed by atoms with van der Waals surface area (Å²) in [6.45, 7) is 8.59. The van der Waals surface area contributed by atoms with Gasteiger partial charge < -0.3 is 19.8 Å². The van der Waals surface area contributed by atoms with E-state index in [9.17, 15) is 4.79 Å². The molecule has 0 saturated heterocycles. The number of rotatable bonds is 1. The maximum absolute atomic E-state index is 13.0. The maximum Gasteiger partial charge on any atom is 0.258 e. The lowest BCUT2D eigenvalue weighted by Gasteiger charge is -2.27. The molecule has 0 spiro atoms. The molecule has 144 valence electrons. The van der Waals surface area contributed by atoms with E-state index >= 15 is 0 Å². The first-order valence-corrected chi connectivity index (χ1v) is 9.38. The SMILES string of the molecule is C=C1OCc2c(cc3n(c2=O)Cc2cc4c(N)cccc4nc2-3)[C@@H]1OC.CC. The summed E-state index contributed by atoms with van der Waals surface area (Å²) in [6, 6.07) is 9.68. The largest absolute Gasteiger partial charge is 0.491 e. The monoisotopic (exact) mass is 377 g/mol. The lowest BCUT2D eigenvalue weighted by Crippen LogP contribution is -2.29. The van der Waals surface area contributed by atoms with Gasteiger partial charge in [-0.15, -0.1) is 0 Å². The summed E-state index contributed by atoms with van der Waals surface area (Å²) in [4.78, 5) is 17.8. The van der Waals surface area contributed by atoms with E-state index in [0.29, 0.717) is 23.6 Å². The number of benzene rings is 1. The zero-order chi connectivity index (χ0) is 20.0. The number of pyridine rings is 2. The fraction of sp³-hybridized carbons (Fsp3) is 0.273. The van der Waals surface area contributed by atoms with Gasteiger partial charge in [-0.25, -0.2) is 4.98 Å². The third-order valence-electron chi connectivity index (χ3n) is 5.19. The molecule has 1 aromatic carbocycles. The summed E-state index contributed by atoms with van der Waals surface area (Å²) < 4.78 is 12.8. The Morgan fingerprint density at radius 1 is 1.32 bits per heavy atom. The van der Waals surface area contributed by atoms with Crippen LogP contribution in [0.5, 0.6) is 0 Å². The van der Waals surface area contributed by atoms with Crippen LogP contribution in [0.3, 0.4) is 0 Å². The second kappa shape index (κ2) is 6.80. The molecule has 1 atom stereocenters. The highest BCUT2D eigenvalue weighted by Gasteiger charge is 2.32. The van der Waals surface area contributed by atoms with E-state index in [0.717, 1.165) is 33.4 Å². The number of nitrogens with two attached hydrogens (primary N) is 1. The minimum atomic E-state index is -0.447. The van der Waals surface area contributed by atoms with Gasteiger partial charge in [0, 0.05) is 29.3 Å². The van der Waals surface area contributed by atoms with Gasteiger partial charge in [0.15, 0.2) is 0 Å². The van der Waals surface area contributed by atoms with Gasteiger partial charge in [0.05, 0.1) is 29.0 Å². The van der Waals surface area contributed by atoms with Crippen molar-refractivity contribution in [3.8, 4) is 11.4 Å². The molecule has 0 amide bonds. The number of aromatic nitrogens is 2. The summed E-state index contributed by atoms with van der Waals surface area (Å²) in [5.41, 5.74) is 11.5. The number of ether oxygens (including phenoxy) is 2. The van der Waals surface area contributed by atoms with Gasteiger partial charge in [-0.3, -0.25) is 4.79 Å². The van der Waals surface area contributed by atoms with E-state index in [1.54, 1.807) is 11.7 Å². The lowest BCUT2D eigenvalue weighted by atomic mass is 9.99. The van der Waals surface area contributed by atoms with Crippen molar-refractivity contribution in [2.45, 2.75) is 33.1 Å². The third-order valence-corrected chi connectivity index (χ3v) is 5.19. The molecule has 2 aliphatic rings. The molecule has 2 N–H and O–H groups in total.